The number of hydrogen-bond donors (Lipinski definition) is 3. The number of benzene rings is 1. The van der Waals surface area contributed by atoms with E-state index < -0.39 is 11.8 Å². The molecule has 1 fully saturated rings. The summed E-state index contributed by atoms with van der Waals surface area (Å²) in [4.78, 5) is 30.8. The summed E-state index contributed by atoms with van der Waals surface area (Å²) in [6, 6.07) is 12.6. The van der Waals surface area contributed by atoms with Crippen LogP contribution in [0.5, 0.6) is 0 Å². The fraction of sp³-hybridized carbons (Fsp3) is 0.227. The number of allylic oxidation sites excluding steroid dienone is 1. The second kappa shape index (κ2) is 8.79. The van der Waals surface area contributed by atoms with Gasteiger partial charge in [0.1, 0.15) is 12.4 Å². The lowest BCUT2D eigenvalue weighted by Crippen LogP contribution is -2.40. The maximum atomic E-state index is 13.2. The van der Waals surface area contributed by atoms with E-state index in [0.717, 1.165) is 11.1 Å². The molecule has 1 saturated heterocycles. The third kappa shape index (κ3) is 4.18. The number of anilines is 1. The minimum atomic E-state index is -0.514. The van der Waals surface area contributed by atoms with Crippen LogP contribution in [-0.4, -0.2) is 40.2 Å². The molecule has 1 unspecified atom stereocenters. The van der Waals surface area contributed by atoms with Crippen molar-refractivity contribution in [3.05, 3.63) is 83.9 Å². The van der Waals surface area contributed by atoms with Crippen molar-refractivity contribution in [2.24, 2.45) is 5.92 Å². The molecule has 1 aliphatic carbocycles. The lowest BCUT2D eigenvalue weighted by molar-refractivity contribution is -0.131. The van der Waals surface area contributed by atoms with E-state index in [2.05, 4.69) is 10.3 Å². The van der Waals surface area contributed by atoms with Gasteiger partial charge in [0, 0.05) is 11.8 Å². The highest BCUT2D eigenvalue weighted by Gasteiger charge is 2.33. The SMILES string of the molecule is O=C(NO)C1C=C2OC[C@H](c3ccccc3)N(C(=O)Nc3cccnc3)CC2=CC1. The lowest BCUT2D eigenvalue weighted by atomic mass is 9.94. The third-order valence-corrected chi connectivity index (χ3v) is 5.21. The van der Waals surface area contributed by atoms with Crippen LogP contribution in [0.3, 0.4) is 0 Å². The number of hydrogen-bond acceptors (Lipinski definition) is 5. The van der Waals surface area contributed by atoms with Gasteiger partial charge in [-0.15, -0.1) is 0 Å². The first-order valence-corrected chi connectivity index (χ1v) is 9.66. The molecular weight excluding hydrogens is 384 g/mol. The van der Waals surface area contributed by atoms with Crippen LogP contribution in [0.2, 0.25) is 0 Å². The molecule has 154 valence electrons. The Balaban J connectivity index is 1.63. The molecule has 8 nitrogen and oxygen atoms in total. The number of amides is 3. The molecule has 2 aromatic rings. The summed E-state index contributed by atoms with van der Waals surface area (Å²) >= 11 is 0. The van der Waals surface area contributed by atoms with Gasteiger partial charge in [0.15, 0.2) is 0 Å². The molecule has 3 amide bonds. The van der Waals surface area contributed by atoms with Crippen LogP contribution in [-0.2, 0) is 9.53 Å². The van der Waals surface area contributed by atoms with Gasteiger partial charge < -0.3 is 15.0 Å². The van der Waals surface area contributed by atoms with E-state index in [1.807, 2.05) is 36.4 Å². The molecule has 1 aromatic carbocycles. The van der Waals surface area contributed by atoms with Crippen LogP contribution in [0, 0.1) is 5.92 Å². The smallest absolute Gasteiger partial charge is 0.322 e. The van der Waals surface area contributed by atoms with Gasteiger partial charge in [-0.3, -0.25) is 15.0 Å². The van der Waals surface area contributed by atoms with Gasteiger partial charge in [-0.25, -0.2) is 10.3 Å². The van der Waals surface area contributed by atoms with Crippen LogP contribution < -0.4 is 10.8 Å². The predicted molar refractivity (Wildman–Crippen MR) is 109 cm³/mol. The summed E-state index contributed by atoms with van der Waals surface area (Å²) in [7, 11) is 0. The van der Waals surface area contributed by atoms with E-state index in [1.165, 1.54) is 0 Å². The highest BCUT2D eigenvalue weighted by molar-refractivity contribution is 5.89. The molecule has 0 radical (unpaired) electrons. The normalized spacial score (nSPS) is 20.6. The van der Waals surface area contributed by atoms with Crippen LogP contribution >= 0.6 is 0 Å². The Bertz CT molecular complexity index is 975. The average molecular weight is 406 g/mol. The Morgan fingerprint density at radius 3 is 2.73 bits per heavy atom. The first-order chi connectivity index (χ1) is 14.7. The Labute approximate surface area is 173 Å². The van der Waals surface area contributed by atoms with E-state index >= 15 is 0 Å². The predicted octanol–water partition coefficient (Wildman–Crippen LogP) is 3.02. The Morgan fingerprint density at radius 1 is 1.17 bits per heavy atom. The molecule has 1 aliphatic heterocycles. The van der Waals surface area contributed by atoms with Crippen molar-refractivity contribution in [2.45, 2.75) is 12.5 Å². The maximum Gasteiger partial charge on any atom is 0.322 e. The Morgan fingerprint density at radius 2 is 2.00 bits per heavy atom. The molecule has 4 rings (SSSR count). The van der Waals surface area contributed by atoms with Crippen molar-refractivity contribution in [1.29, 1.82) is 0 Å². The highest BCUT2D eigenvalue weighted by Crippen LogP contribution is 2.33. The quantitative estimate of drug-likeness (QED) is 0.537. The molecular formula is C22H22N4O4. The number of nitrogens with one attached hydrogen (secondary N) is 2. The summed E-state index contributed by atoms with van der Waals surface area (Å²) in [6.07, 6.45) is 7.24. The van der Waals surface area contributed by atoms with Gasteiger partial charge in [-0.2, -0.15) is 0 Å². The number of fused-ring (bicyclic) bond motifs is 1. The van der Waals surface area contributed by atoms with Gasteiger partial charge in [-0.1, -0.05) is 36.4 Å². The molecule has 8 heteroatoms. The summed E-state index contributed by atoms with van der Waals surface area (Å²) in [5.74, 6) is -0.441. The van der Waals surface area contributed by atoms with Gasteiger partial charge in [0.25, 0.3) is 5.91 Å². The number of aromatic nitrogens is 1. The van der Waals surface area contributed by atoms with Gasteiger partial charge in [0.05, 0.1) is 30.4 Å². The topological polar surface area (TPSA) is 104 Å². The molecule has 3 N–H and O–H groups in total. The van der Waals surface area contributed by atoms with E-state index in [-0.39, 0.29) is 18.7 Å². The molecule has 0 bridgehead atoms. The second-order valence-corrected chi connectivity index (χ2v) is 7.12. The third-order valence-electron chi connectivity index (χ3n) is 5.21. The zero-order valence-electron chi connectivity index (χ0n) is 16.2. The number of hydroxylamine groups is 1. The highest BCUT2D eigenvalue weighted by atomic mass is 16.5. The van der Waals surface area contributed by atoms with Crippen molar-refractivity contribution in [3.63, 3.8) is 0 Å². The Kier molecular flexibility index (Phi) is 5.76. The summed E-state index contributed by atoms with van der Waals surface area (Å²) < 4.78 is 6.03. The minimum absolute atomic E-state index is 0.237. The van der Waals surface area contributed by atoms with Crippen molar-refractivity contribution in [3.8, 4) is 0 Å². The Hall–Kier alpha value is -3.65. The number of carbonyl (C=O) groups is 2. The number of urea groups is 1. The van der Waals surface area contributed by atoms with Crippen LogP contribution in [0.1, 0.15) is 18.0 Å². The zero-order valence-corrected chi connectivity index (χ0v) is 16.2. The average Bonchev–Trinajstić information content (AvgIpc) is 2.99. The maximum absolute atomic E-state index is 13.2. The van der Waals surface area contributed by atoms with E-state index in [1.54, 1.807) is 41.0 Å². The number of carbonyl (C=O) groups excluding carboxylic acids is 2. The lowest BCUT2D eigenvalue weighted by Gasteiger charge is -2.29. The van der Waals surface area contributed by atoms with Crippen molar-refractivity contribution in [2.75, 3.05) is 18.5 Å². The first-order valence-electron chi connectivity index (χ1n) is 9.66. The van der Waals surface area contributed by atoms with Gasteiger partial charge in [0.2, 0.25) is 0 Å². The number of nitrogens with zero attached hydrogens (tertiary/aromatic N) is 2. The fourth-order valence-corrected chi connectivity index (χ4v) is 3.63. The molecule has 2 heterocycles. The summed E-state index contributed by atoms with van der Waals surface area (Å²) in [5, 5.41) is 11.8. The number of ether oxygens (including phenoxy) is 1. The molecule has 0 saturated carbocycles. The van der Waals surface area contributed by atoms with Crippen LogP contribution in [0.4, 0.5) is 10.5 Å². The number of pyridine rings is 1. The monoisotopic (exact) mass is 406 g/mol. The van der Waals surface area contributed by atoms with Crippen LogP contribution in [0.15, 0.2) is 78.3 Å². The molecule has 2 aliphatic rings. The van der Waals surface area contributed by atoms with Crippen LogP contribution in [0.25, 0.3) is 0 Å². The first kappa shape index (κ1) is 19.7. The van der Waals surface area contributed by atoms with E-state index in [4.69, 9.17) is 9.94 Å². The van der Waals surface area contributed by atoms with Crippen molar-refractivity contribution >= 4 is 17.6 Å². The minimum Gasteiger partial charge on any atom is -0.491 e. The van der Waals surface area contributed by atoms with Gasteiger partial charge in [-0.05, 0) is 30.2 Å². The molecule has 1 aromatic heterocycles. The van der Waals surface area contributed by atoms with Crippen molar-refractivity contribution < 1.29 is 19.5 Å². The van der Waals surface area contributed by atoms with Gasteiger partial charge >= 0.3 is 6.03 Å². The van der Waals surface area contributed by atoms with Crippen molar-refractivity contribution in [1.82, 2.24) is 15.4 Å². The molecule has 0 spiro atoms. The largest absolute Gasteiger partial charge is 0.491 e. The zero-order chi connectivity index (χ0) is 20.9. The second-order valence-electron chi connectivity index (χ2n) is 7.12. The molecule has 30 heavy (non-hydrogen) atoms. The number of rotatable bonds is 3. The molecule has 2 atom stereocenters. The van der Waals surface area contributed by atoms with E-state index in [9.17, 15) is 9.59 Å². The summed E-state index contributed by atoms with van der Waals surface area (Å²) in [6.45, 7) is 0.562. The fourth-order valence-electron chi connectivity index (χ4n) is 3.63. The van der Waals surface area contributed by atoms with E-state index in [0.29, 0.717) is 24.4 Å². The standard InChI is InChI=1S/C22H22N4O4/c27-21(25-29)16-8-9-17-13-26(22(28)24-18-7-4-10-23-12-18)19(14-30-20(17)11-16)15-5-2-1-3-6-15/h1-7,9-12,16,19,29H,8,13-14H2,(H,24,28)(H,25,27)/t16?,19-/m1/s1. The summed E-state index contributed by atoms with van der Waals surface area (Å²) in [5.41, 5.74) is 4.07.